The second-order valence-electron chi connectivity index (χ2n) is 7.94. The zero-order chi connectivity index (χ0) is 25.9. The van der Waals surface area contributed by atoms with E-state index in [1.54, 1.807) is 12.1 Å². The molecule has 8 nitrogen and oxygen atoms in total. The number of hydrogen-bond acceptors (Lipinski definition) is 5. The number of nitrogens with zero attached hydrogens (tertiary/aromatic N) is 3. The number of hydrogen-bond donors (Lipinski definition) is 2. The molecular formula is C25H21Cl2N5O3S. The summed E-state index contributed by atoms with van der Waals surface area (Å²) in [4.78, 5) is 11.6. The lowest BCUT2D eigenvalue weighted by Crippen LogP contribution is -2.42. The Hall–Kier alpha value is -3.53. The molecule has 0 radical (unpaired) electrons. The zero-order valence-corrected chi connectivity index (χ0v) is 21.3. The van der Waals surface area contributed by atoms with E-state index in [2.05, 4.69) is 14.8 Å². The van der Waals surface area contributed by atoms with Gasteiger partial charge in [0.2, 0.25) is 11.7 Å². The average Bonchev–Trinajstić information content (AvgIpc) is 3.28. The first-order valence-corrected chi connectivity index (χ1v) is 13.0. The molecule has 1 aliphatic heterocycles. The van der Waals surface area contributed by atoms with Gasteiger partial charge in [-0.05, 0) is 47.5 Å². The average molecular weight is 542 g/mol. The van der Waals surface area contributed by atoms with Crippen LogP contribution in [0.4, 0.5) is 0 Å². The van der Waals surface area contributed by atoms with Crippen LogP contribution in [0.15, 0.2) is 93.3 Å². The van der Waals surface area contributed by atoms with E-state index in [0.29, 0.717) is 15.8 Å². The largest absolute Gasteiger partial charge is 0.308 e. The molecule has 4 rings (SSSR count). The van der Waals surface area contributed by atoms with Crippen LogP contribution in [0.25, 0.3) is 0 Å². The number of halogens is 2. The molecule has 0 aliphatic carbocycles. The van der Waals surface area contributed by atoms with Gasteiger partial charge in [-0.3, -0.25) is 10.2 Å². The molecule has 0 saturated carbocycles. The Labute approximate surface area is 218 Å². The van der Waals surface area contributed by atoms with Gasteiger partial charge in [-0.1, -0.05) is 65.7 Å². The van der Waals surface area contributed by atoms with Gasteiger partial charge >= 0.3 is 0 Å². The van der Waals surface area contributed by atoms with Crippen LogP contribution in [-0.4, -0.2) is 43.3 Å². The Morgan fingerprint density at radius 1 is 1.00 bits per heavy atom. The van der Waals surface area contributed by atoms with Gasteiger partial charge < -0.3 is 5.32 Å². The molecule has 36 heavy (non-hydrogen) atoms. The highest BCUT2D eigenvalue weighted by Crippen LogP contribution is 2.30. The Kier molecular flexibility index (Phi) is 7.53. The van der Waals surface area contributed by atoms with E-state index in [4.69, 9.17) is 28.6 Å². The number of carbonyl (C=O) groups excluding carboxylic acids is 1. The highest BCUT2D eigenvalue weighted by atomic mass is 35.5. The monoisotopic (exact) mass is 541 g/mol. The second-order valence-corrected chi connectivity index (χ2v) is 10.4. The van der Waals surface area contributed by atoms with Crippen molar-refractivity contribution in [3.05, 3.63) is 100 Å². The van der Waals surface area contributed by atoms with Crippen molar-refractivity contribution >= 4 is 56.5 Å². The molecule has 0 bridgehead atoms. The van der Waals surface area contributed by atoms with E-state index in [-0.39, 0.29) is 23.2 Å². The maximum atomic E-state index is 13.1. The quantitative estimate of drug-likeness (QED) is 0.368. The summed E-state index contributed by atoms with van der Waals surface area (Å²) in [6, 6.07) is 22.2. The van der Waals surface area contributed by atoms with Gasteiger partial charge in [0.1, 0.15) is 0 Å². The molecule has 0 aromatic heterocycles. The summed E-state index contributed by atoms with van der Waals surface area (Å²) in [6.45, 7) is 1.41. The lowest BCUT2D eigenvalue weighted by Gasteiger charge is -2.19. The van der Waals surface area contributed by atoms with Crippen LogP contribution >= 0.6 is 23.2 Å². The van der Waals surface area contributed by atoms with Crippen molar-refractivity contribution in [1.29, 1.82) is 5.41 Å². The van der Waals surface area contributed by atoms with Crippen LogP contribution in [0.3, 0.4) is 0 Å². The molecule has 1 atom stereocenters. The molecule has 1 heterocycles. The summed E-state index contributed by atoms with van der Waals surface area (Å²) < 4.78 is 30.1. The topological polar surface area (TPSA) is 115 Å². The summed E-state index contributed by atoms with van der Waals surface area (Å²) in [5, 5.41) is 17.7. The fourth-order valence-electron chi connectivity index (χ4n) is 3.69. The normalized spacial score (nSPS) is 16.0. The van der Waals surface area contributed by atoms with Crippen LogP contribution in [0.5, 0.6) is 0 Å². The summed E-state index contributed by atoms with van der Waals surface area (Å²) >= 11 is 12.0. The van der Waals surface area contributed by atoms with Crippen LogP contribution in [0.2, 0.25) is 10.0 Å². The number of rotatable bonds is 4. The lowest BCUT2D eigenvalue weighted by molar-refractivity contribution is -0.117. The predicted molar refractivity (Wildman–Crippen MR) is 141 cm³/mol. The van der Waals surface area contributed by atoms with Gasteiger partial charge in [-0.25, -0.2) is 5.01 Å². The van der Waals surface area contributed by atoms with Crippen molar-refractivity contribution < 1.29 is 13.2 Å². The fraction of sp³-hybridized carbons (Fsp3) is 0.120. The maximum Gasteiger partial charge on any atom is 0.284 e. The first-order chi connectivity index (χ1) is 17.1. The molecule has 1 amide bonds. The zero-order valence-electron chi connectivity index (χ0n) is 19.0. The number of nitrogens with one attached hydrogen (secondary N) is 2. The number of carbonyl (C=O) groups is 1. The summed E-state index contributed by atoms with van der Waals surface area (Å²) in [6.07, 6.45) is 0. The Morgan fingerprint density at radius 3 is 2.17 bits per heavy atom. The highest BCUT2D eigenvalue weighted by molar-refractivity contribution is 7.90. The Bertz CT molecular complexity index is 1460. The second kappa shape index (κ2) is 10.6. The van der Waals surface area contributed by atoms with Gasteiger partial charge in [0.15, 0.2) is 5.84 Å². The number of benzene rings is 3. The first-order valence-electron chi connectivity index (χ1n) is 10.8. The SMILES string of the molecule is CC(=O)NC(=N)/C(=N\S(=O)(=O)c1ccc(Cl)cc1)N1CC(c2ccccc2)C(c2ccc(Cl)cc2)=N1. The van der Waals surface area contributed by atoms with Crippen LogP contribution in [-0.2, 0) is 14.8 Å². The maximum absolute atomic E-state index is 13.1. The third-order valence-corrected chi connectivity index (χ3v) is 7.13. The smallest absolute Gasteiger partial charge is 0.284 e. The number of hydrazone groups is 1. The highest BCUT2D eigenvalue weighted by Gasteiger charge is 2.34. The predicted octanol–water partition coefficient (Wildman–Crippen LogP) is 4.70. The minimum atomic E-state index is -4.26. The van der Waals surface area contributed by atoms with Crippen LogP contribution < -0.4 is 5.32 Å². The Balaban J connectivity index is 1.82. The van der Waals surface area contributed by atoms with Gasteiger partial charge in [0.25, 0.3) is 10.0 Å². The molecule has 0 spiro atoms. The molecule has 2 N–H and O–H groups in total. The summed E-state index contributed by atoms with van der Waals surface area (Å²) in [5.41, 5.74) is 2.37. The molecule has 11 heteroatoms. The van der Waals surface area contributed by atoms with E-state index >= 15 is 0 Å². The molecule has 1 unspecified atom stereocenters. The minimum Gasteiger partial charge on any atom is -0.308 e. The van der Waals surface area contributed by atoms with E-state index in [1.807, 2.05) is 42.5 Å². The molecular weight excluding hydrogens is 521 g/mol. The molecule has 184 valence electrons. The van der Waals surface area contributed by atoms with Gasteiger partial charge in [0.05, 0.1) is 17.2 Å². The fourth-order valence-corrected chi connectivity index (χ4v) is 4.94. The molecule has 3 aromatic carbocycles. The van der Waals surface area contributed by atoms with E-state index in [1.165, 1.54) is 36.2 Å². The van der Waals surface area contributed by atoms with Crippen molar-refractivity contribution in [2.45, 2.75) is 17.7 Å². The van der Waals surface area contributed by atoms with E-state index < -0.39 is 21.8 Å². The standard InChI is InChI=1S/C25H21Cl2N5O3S/c1-16(33)29-24(28)25(31-36(34,35)21-13-11-20(27)12-14-21)32-15-22(17-5-3-2-4-6-17)23(30-32)18-7-9-19(26)10-8-18/h2-14,22H,15H2,1H3,(H2,28,29,33)/b31-25+. The Morgan fingerprint density at radius 2 is 1.58 bits per heavy atom. The molecule has 3 aromatic rings. The number of sulfonamides is 1. The molecule has 0 saturated heterocycles. The third-order valence-electron chi connectivity index (χ3n) is 5.34. The van der Waals surface area contributed by atoms with Crippen molar-refractivity contribution in [2.75, 3.05) is 6.54 Å². The third kappa shape index (κ3) is 5.81. The molecule has 1 aliphatic rings. The van der Waals surface area contributed by atoms with Crippen LogP contribution in [0, 0.1) is 5.41 Å². The van der Waals surface area contributed by atoms with Crippen molar-refractivity contribution in [2.24, 2.45) is 9.50 Å². The van der Waals surface area contributed by atoms with Gasteiger partial charge in [0, 0.05) is 22.9 Å². The van der Waals surface area contributed by atoms with Gasteiger partial charge in [-0.2, -0.15) is 13.5 Å². The van der Waals surface area contributed by atoms with Crippen molar-refractivity contribution in [3.63, 3.8) is 0 Å². The number of amides is 1. The summed E-state index contributed by atoms with van der Waals surface area (Å²) in [7, 11) is -4.26. The van der Waals surface area contributed by atoms with E-state index in [0.717, 1.165) is 11.1 Å². The van der Waals surface area contributed by atoms with Gasteiger partial charge in [-0.15, -0.1) is 4.40 Å². The van der Waals surface area contributed by atoms with Crippen molar-refractivity contribution in [1.82, 2.24) is 10.3 Å². The van der Waals surface area contributed by atoms with Crippen LogP contribution in [0.1, 0.15) is 24.0 Å². The summed E-state index contributed by atoms with van der Waals surface area (Å²) in [5.74, 6) is -1.61. The molecule has 0 fully saturated rings. The van der Waals surface area contributed by atoms with Crippen molar-refractivity contribution in [3.8, 4) is 0 Å². The minimum absolute atomic E-state index is 0.110. The lowest BCUT2D eigenvalue weighted by atomic mass is 9.91. The number of amidine groups is 2. The first kappa shape index (κ1) is 25.6. The van der Waals surface area contributed by atoms with E-state index in [9.17, 15) is 13.2 Å².